The second kappa shape index (κ2) is 7.47. The number of hydrogen-bond donors (Lipinski definition) is 0. The number of anilines is 1. The van der Waals surface area contributed by atoms with Crippen molar-refractivity contribution in [2.45, 2.75) is 32.8 Å². The van der Waals surface area contributed by atoms with Gasteiger partial charge in [0.15, 0.2) is 11.6 Å². The van der Waals surface area contributed by atoms with Crippen LogP contribution in [0.1, 0.15) is 26.7 Å². The largest absolute Gasteiger partial charge is 0.377 e. The Balaban J connectivity index is 1.61. The molecule has 2 fully saturated rings. The van der Waals surface area contributed by atoms with E-state index in [1.54, 1.807) is 12.3 Å². The second-order valence-corrected chi connectivity index (χ2v) is 6.95. The highest BCUT2D eigenvalue weighted by molar-refractivity contribution is 5.80. The molecule has 2 aliphatic rings. The summed E-state index contributed by atoms with van der Waals surface area (Å²) in [5.41, 5.74) is 0. The van der Waals surface area contributed by atoms with Gasteiger partial charge in [0.25, 0.3) is 0 Å². The molecule has 0 bridgehead atoms. The lowest BCUT2D eigenvalue weighted by molar-refractivity contribution is -0.148. The van der Waals surface area contributed by atoms with Crippen molar-refractivity contribution in [2.24, 2.45) is 11.8 Å². The fourth-order valence-corrected chi connectivity index (χ4v) is 3.71. The van der Waals surface area contributed by atoms with Crippen molar-refractivity contribution < 1.29 is 13.9 Å². The maximum Gasteiger partial charge on any atom is 0.228 e. The van der Waals surface area contributed by atoms with Crippen molar-refractivity contribution in [2.75, 3.05) is 37.7 Å². The minimum Gasteiger partial charge on any atom is -0.377 e. The van der Waals surface area contributed by atoms with E-state index in [0.717, 1.165) is 19.4 Å². The fraction of sp³-hybridized carbons (Fsp3) is 0.667. The summed E-state index contributed by atoms with van der Waals surface area (Å²) >= 11 is 0. The molecule has 3 heterocycles. The maximum absolute atomic E-state index is 13.9. The summed E-state index contributed by atoms with van der Waals surface area (Å²) < 4.78 is 19.7. The van der Waals surface area contributed by atoms with E-state index in [-0.39, 0.29) is 23.7 Å². The van der Waals surface area contributed by atoms with Crippen LogP contribution in [0, 0.1) is 17.7 Å². The van der Waals surface area contributed by atoms with Gasteiger partial charge >= 0.3 is 0 Å². The molecule has 1 aromatic heterocycles. The molecule has 0 radical (unpaired) electrons. The number of nitrogens with zero attached hydrogens (tertiary/aromatic N) is 3. The number of pyridine rings is 1. The molecule has 2 aliphatic heterocycles. The third-order valence-electron chi connectivity index (χ3n) is 4.97. The van der Waals surface area contributed by atoms with Crippen molar-refractivity contribution in [3.05, 3.63) is 24.1 Å². The molecule has 132 valence electrons. The second-order valence-electron chi connectivity index (χ2n) is 6.95. The molecule has 5 nitrogen and oxygen atoms in total. The summed E-state index contributed by atoms with van der Waals surface area (Å²) in [6, 6.07) is 3.01. The number of carbonyl (C=O) groups is 1. The van der Waals surface area contributed by atoms with Crippen molar-refractivity contribution in [3.63, 3.8) is 0 Å². The Morgan fingerprint density at radius 1 is 1.33 bits per heavy atom. The molecule has 0 aromatic carbocycles. The van der Waals surface area contributed by atoms with Crippen LogP contribution in [0.5, 0.6) is 0 Å². The molecule has 2 atom stereocenters. The first-order chi connectivity index (χ1) is 11.6. The van der Waals surface area contributed by atoms with Gasteiger partial charge in [0.05, 0.1) is 12.0 Å². The number of amides is 1. The smallest absolute Gasteiger partial charge is 0.228 e. The molecule has 0 aliphatic carbocycles. The lowest BCUT2D eigenvalue weighted by atomic mass is 9.86. The van der Waals surface area contributed by atoms with Gasteiger partial charge in [0, 0.05) is 39.0 Å². The predicted molar refractivity (Wildman–Crippen MR) is 90.3 cm³/mol. The zero-order valence-electron chi connectivity index (χ0n) is 14.4. The molecule has 1 aromatic rings. The first-order valence-electron chi connectivity index (χ1n) is 8.84. The highest BCUT2D eigenvalue weighted by Crippen LogP contribution is 2.28. The molecule has 0 N–H and O–H groups in total. The molecule has 24 heavy (non-hydrogen) atoms. The van der Waals surface area contributed by atoms with E-state index in [1.807, 2.05) is 9.80 Å². The summed E-state index contributed by atoms with van der Waals surface area (Å²) in [4.78, 5) is 20.9. The van der Waals surface area contributed by atoms with Crippen LogP contribution >= 0.6 is 0 Å². The normalized spacial score (nSPS) is 25.2. The van der Waals surface area contributed by atoms with Crippen LogP contribution in [0.4, 0.5) is 10.2 Å². The van der Waals surface area contributed by atoms with E-state index in [2.05, 4.69) is 18.8 Å². The van der Waals surface area contributed by atoms with E-state index < -0.39 is 0 Å². The maximum atomic E-state index is 13.9. The number of halogens is 1. The van der Waals surface area contributed by atoms with Crippen molar-refractivity contribution in [3.8, 4) is 0 Å². The summed E-state index contributed by atoms with van der Waals surface area (Å²) in [5.74, 6) is 0.554. The molecule has 0 unspecified atom stereocenters. The monoisotopic (exact) mass is 335 g/mol. The number of rotatable bonds is 3. The summed E-state index contributed by atoms with van der Waals surface area (Å²) in [6.07, 6.45) is 3.45. The average molecular weight is 335 g/mol. The van der Waals surface area contributed by atoms with Gasteiger partial charge in [-0.3, -0.25) is 4.79 Å². The fourth-order valence-electron chi connectivity index (χ4n) is 3.71. The van der Waals surface area contributed by atoms with E-state index >= 15 is 0 Å². The summed E-state index contributed by atoms with van der Waals surface area (Å²) in [7, 11) is 0. The SMILES string of the molecule is CC(C)[C@@H]1OCCC[C@H]1C(=O)N1CCN(c2ncccc2F)CC1. The zero-order chi connectivity index (χ0) is 17.1. The highest BCUT2D eigenvalue weighted by atomic mass is 19.1. The molecule has 0 spiro atoms. The predicted octanol–water partition coefficient (Wildman–Crippen LogP) is 2.32. The van der Waals surface area contributed by atoms with Crippen LogP contribution in [0.2, 0.25) is 0 Å². The summed E-state index contributed by atoms with van der Waals surface area (Å²) in [5, 5.41) is 0. The van der Waals surface area contributed by atoms with E-state index in [1.165, 1.54) is 6.07 Å². The molecule has 3 rings (SSSR count). The lowest BCUT2D eigenvalue weighted by Crippen LogP contribution is -2.53. The third kappa shape index (κ3) is 3.53. The first kappa shape index (κ1) is 17.1. The van der Waals surface area contributed by atoms with Gasteiger partial charge in [-0.1, -0.05) is 13.8 Å². The van der Waals surface area contributed by atoms with Crippen LogP contribution in [-0.2, 0) is 9.53 Å². The number of ether oxygens (including phenoxy) is 1. The molecule has 2 saturated heterocycles. The Hall–Kier alpha value is -1.69. The van der Waals surface area contributed by atoms with Crippen LogP contribution in [-0.4, -0.2) is 54.7 Å². The van der Waals surface area contributed by atoms with Crippen LogP contribution in [0.3, 0.4) is 0 Å². The Morgan fingerprint density at radius 3 is 2.75 bits per heavy atom. The van der Waals surface area contributed by atoms with Crippen molar-refractivity contribution in [1.82, 2.24) is 9.88 Å². The van der Waals surface area contributed by atoms with Crippen LogP contribution < -0.4 is 4.90 Å². The zero-order valence-corrected chi connectivity index (χ0v) is 14.4. The van der Waals surface area contributed by atoms with Gasteiger partial charge < -0.3 is 14.5 Å². The van der Waals surface area contributed by atoms with Crippen molar-refractivity contribution in [1.29, 1.82) is 0 Å². The highest BCUT2D eigenvalue weighted by Gasteiger charge is 2.37. The average Bonchev–Trinajstić information content (AvgIpc) is 2.62. The minimum atomic E-state index is -0.308. The van der Waals surface area contributed by atoms with Gasteiger partial charge in [0.1, 0.15) is 0 Å². The standard InChI is InChI=1S/C18H26FN3O2/c1-13(2)16-14(5-4-12-24-16)18(23)22-10-8-21(9-11-22)17-15(19)6-3-7-20-17/h3,6-7,13-14,16H,4-5,8-12H2,1-2H3/t14-,16+/m1/s1. The quantitative estimate of drug-likeness (QED) is 0.850. The van der Waals surface area contributed by atoms with Gasteiger partial charge in [-0.15, -0.1) is 0 Å². The van der Waals surface area contributed by atoms with Gasteiger partial charge in [-0.05, 0) is 30.9 Å². The lowest BCUT2D eigenvalue weighted by Gasteiger charge is -2.40. The van der Waals surface area contributed by atoms with Gasteiger partial charge in [-0.2, -0.15) is 0 Å². The molecular weight excluding hydrogens is 309 g/mol. The van der Waals surface area contributed by atoms with E-state index in [9.17, 15) is 9.18 Å². The Morgan fingerprint density at radius 2 is 2.08 bits per heavy atom. The van der Waals surface area contributed by atoms with Gasteiger partial charge in [0.2, 0.25) is 5.91 Å². The Kier molecular flexibility index (Phi) is 5.33. The number of piperazine rings is 1. The van der Waals surface area contributed by atoms with Crippen molar-refractivity contribution >= 4 is 11.7 Å². The van der Waals surface area contributed by atoms with Crippen LogP contribution in [0.15, 0.2) is 18.3 Å². The summed E-state index contributed by atoms with van der Waals surface area (Å²) in [6.45, 7) is 7.40. The van der Waals surface area contributed by atoms with Gasteiger partial charge in [-0.25, -0.2) is 9.37 Å². The van der Waals surface area contributed by atoms with E-state index in [4.69, 9.17) is 4.74 Å². The molecule has 1 amide bonds. The first-order valence-corrected chi connectivity index (χ1v) is 8.84. The minimum absolute atomic E-state index is 0.0116. The van der Waals surface area contributed by atoms with E-state index in [0.29, 0.717) is 37.9 Å². The Labute approximate surface area is 142 Å². The number of hydrogen-bond acceptors (Lipinski definition) is 4. The van der Waals surface area contributed by atoms with Crippen LogP contribution in [0.25, 0.3) is 0 Å². The number of carbonyl (C=O) groups excluding carboxylic acids is 1. The topological polar surface area (TPSA) is 45.7 Å². The molecule has 6 heteroatoms. The molecular formula is C18H26FN3O2. The molecule has 0 saturated carbocycles. The number of aromatic nitrogens is 1. The Bertz CT molecular complexity index is 573. The third-order valence-corrected chi connectivity index (χ3v) is 4.97.